The van der Waals surface area contributed by atoms with Gasteiger partial charge < -0.3 is 9.47 Å². The fourth-order valence-corrected chi connectivity index (χ4v) is 1.64. The van der Waals surface area contributed by atoms with Gasteiger partial charge in [-0.15, -0.1) is 0 Å². The molecule has 0 aliphatic carbocycles. The van der Waals surface area contributed by atoms with Gasteiger partial charge in [0.1, 0.15) is 17.2 Å². The van der Waals surface area contributed by atoms with Gasteiger partial charge in [-0.2, -0.15) is 0 Å². The first-order chi connectivity index (χ1) is 8.85. The molecule has 0 bridgehead atoms. The number of hydrogen-bond donors (Lipinski definition) is 0. The van der Waals surface area contributed by atoms with Gasteiger partial charge in [0, 0.05) is 6.21 Å². The van der Waals surface area contributed by atoms with Crippen molar-refractivity contribution in [2.24, 2.45) is 4.99 Å². The van der Waals surface area contributed by atoms with Crippen molar-refractivity contribution in [1.82, 2.24) is 0 Å². The van der Waals surface area contributed by atoms with Crippen molar-refractivity contribution in [2.75, 3.05) is 14.2 Å². The average molecular weight is 241 g/mol. The minimum Gasteiger partial charge on any atom is -0.494 e. The Morgan fingerprint density at radius 2 is 1.44 bits per heavy atom. The molecular weight excluding hydrogens is 226 g/mol. The molecule has 0 N–H and O–H groups in total. The van der Waals surface area contributed by atoms with Crippen LogP contribution >= 0.6 is 0 Å². The minimum atomic E-state index is 0.696. The van der Waals surface area contributed by atoms with Crippen LogP contribution in [0, 0.1) is 0 Å². The summed E-state index contributed by atoms with van der Waals surface area (Å²) in [5.41, 5.74) is 1.73. The molecule has 92 valence electrons. The van der Waals surface area contributed by atoms with Gasteiger partial charge in [0.25, 0.3) is 0 Å². The second kappa shape index (κ2) is 5.87. The third kappa shape index (κ3) is 2.69. The summed E-state index contributed by atoms with van der Waals surface area (Å²) < 4.78 is 10.6. The maximum atomic E-state index is 5.28. The second-order valence-electron chi connectivity index (χ2n) is 3.68. The smallest absolute Gasteiger partial charge is 0.148 e. The van der Waals surface area contributed by atoms with Crippen molar-refractivity contribution < 1.29 is 9.47 Å². The average Bonchev–Trinajstić information content (AvgIpc) is 2.45. The SMILES string of the molecule is COc1cccc(OC)c1N=Cc1ccccc1. The van der Waals surface area contributed by atoms with Gasteiger partial charge in [0.05, 0.1) is 14.2 Å². The van der Waals surface area contributed by atoms with Gasteiger partial charge in [-0.1, -0.05) is 36.4 Å². The van der Waals surface area contributed by atoms with Gasteiger partial charge >= 0.3 is 0 Å². The van der Waals surface area contributed by atoms with Crippen LogP contribution in [0.15, 0.2) is 53.5 Å². The lowest BCUT2D eigenvalue weighted by Gasteiger charge is -2.08. The Hall–Kier alpha value is -2.29. The van der Waals surface area contributed by atoms with E-state index in [1.807, 2.05) is 48.5 Å². The van der Waals surface area contributed by atoms with Crippen molar-refractivity contribution in [3.8, 4) is 11.5 Å². The summed E-state index contributed by atoms with van der Waals surface area (Å²) in [6, 6.07) is 15.5. The molecule has 0 aliphatic heterocycles. The summed E-state index contributed by atoms with van der Waals surface area (Å²) >= 11 is 0. The van der Waals surface area contributed by atoms with Crippen molar-refractivity contribution in [3.63, 3.8) is 0 Å². The molecule has 0 amide bonds. The summed E-state index contributed by atoms with van der Waals surface area (Å²) in [4.78, 5) is 4.44. The fourth-order valence-electron chi connectivity index (χ4n) is 1.64. The number of ether oxygens (including phenoxy) is 2. The standard InChI is InChI=1S/C15H15NO2/c1-17-13-9-6-10-14(18-2)15(13)16-11-12-7-4-3-5-8-12/h3-11H,1-2H3. The van der Waals surface area contributed by atoms with E-state index in [0.29, 0.717) is 17.2 Å². The zero-order valence-corrected chi connectivity index (χ0v) is 10.5. The van der Waals surface area contributed by atoms with E-state index < -0.39 is 0 Å². The van der Waals surface area contributed by atoms with E-state index >= 15 is 0 Å². The number of rotatable bonds is 4. The van der Waals surface area contributed by atoms with Gasteiger partial charge in [-0.05, 0) is 17.7 Å². The highest BCUT2D eigenvalue weighted by Gasteiger charge is 2.07. The molecule has 0 unspecified atom stereocenters. The van der Waals surface area contributed by atoms with Crippen LogP contribution in [0.3, 0.4) is 0 Å². The van der Waals surface area contributed by atoms with Crippen LogP contribution in [-0.4, -0.2) is 20.4 Å². The normalized spacial score (nSPS) is 10.6. The van der Waals surface area contributed by atoms with E-state index in [4.69, 9.17) is 9.47 Å². The number of benzene rings is 2. The summed E-state index contributed by atoms with van der Waals surface area (Å²) in [6.45, 7) is 0. The highest BCUT2D eigenvalue weighted by atomic mass is 16.5. The molecule has 2 aromatic carbocycles. The molecule has 0 saturated heterocycles. The number of aliphatic imine (C=N–C) groups is 1. The number of hydrogen-bond acceptors (Lipinski definition) is 3. The molecule has 2 rings (SSSR count). The monoisotopic (exact) mass is 241 g/mol. The Morgan fingerprint density at radius 3 is 2.00 bits per heavy atom. The molecule has 0 aromatic heterocycles. The van der Waals surface area contributed by atoms with Gasteiger partial charge in [0.15, 0.2) is 0 Å². The van der Waals surface area contributed by atoms with E-state index in [2.05, 4.69) is 4.99 Å². The van der Waals surface area contributed by atoms with Crippen LogP contribution in [0.2, 0.25) is 0 Å². The molecule has 2 aromatic rings. The van der Waals surface area contributed by atoms with E-state index in [0.717, 1.165) is 5.56 Å². The summed E-state index contributed by atoms with van der Waals surface area (Å²) in [5, 5.41) is 0. The Bertz CT molecular complexity index is 513. The molecule has 0 spiro atoms. The lowest BCUT2D eigenvalue weighted by atomic mass is 10.2. The highest BCUT2D eigenvalue weighted by molar-refractivity contribution is 5.83. The summed E-state index contributed by atoms with van der Waals surface area (Å²) in [5.74, 6) is 1.39. The second-order valence-corrected chi connectivity index (χ2v) is 3.68. The molecule has 18 heavy (non-hydrogen) atoms. The van der Waals surface area contributed by atoms with Crippen molar-refractivity contribution in [3.05, 3.63) is 54.1 Å². The first kappa shape index (κ1) is 12.2. The minimum absolute atomic E-state index is 0.696. The van der Waals surface area contributed by atoms with Gasteiger partial charge in [0.2, 0.25) is 0 Å². The van der Waals surface area contributed by atoms with Gasteiger partial charge in [-0.3, -0.25) is 0 Å². The molecule has 0 saturated carbocycles. The predicted molar refractivity (Wildman–Crippen MR) is 73.2 cm³/mol. The molecule has 0 radical (unpaired) electrons. The number of methoxy groups -OCH3 is 2. The molecule has 0 atom stereocenters. The fraction of sp³-hybridized carbons (Fsp3) is 0.133. The Balaban J connectivity index is 2.36. The quantitative estimate of drug-likeness (QED) is 0.767. The van der Waals surface area contributed by atoms with Crippen molar-refractivity contribution in [2.45, 2.75) is 0 Å². The molecule has 0 aliphatic rings. The van der Waals surface area contributed by atoms with Crippen LogP contribution in [0.1, 0.15) is 5.56 Å². The van der Waals surface area contributed by atoms with E-state index in [1.54, 1.807) is 20.4 Å². The maximum Gasteiger partial charge on any atom is 0.148 e. The molecule has 3 nitrogen and oxygen atoms in total. The van der Waals surface area contributed by atoms with E-state index in [9.17, 15) is 0 Å². The zero-order chi connectivity index (χ0) is 12.8. The third-order valence-corrected chi connectivity index (χ3v) is 2.54. The molecular formula is C15H15NO2. The lowest BCUT2D eigenvalue weighted by Crippen LogP contribution is -1.89. The van der Waals surface area contributed by atoms with Crippen LogP contribution in [0.5, 0.6) is 11.5 Å². The Labute approximate surface area is 107 Å². The third-order valence-electron chi connectivity index (χ3n) is 2.54. The van der Waals surface area contributed by atoms with Crippen LogP contribution in [0.4, 0.5) is 5.69 Å². The summed E-state index contributed by atoms with van der Waals surface area (Å²) in [6.07, 6.45) is 1.79. The maximum absolute atomic E-state index is 5.28. The van der Waals surface area contributed by atoms with Gasteiger partial charge in [-0.25, -0.2) is 4.99 Å². The molecule has 3 heteroatoms. The Morgan fingerprint density at radius 1 is 0.833 bits per heavy atom. The zero-order valence-electron chi connectivity index (χ0n) is 10.5. The van der Waals surface area contributed by atoms with Crippen LogP contribution in [0.25, 0.3) is 0 Å². The lowest BCUT2D eigenvalue weighted by molar-refractivity contribution is 0.397. The first-order valence-corrected chi connectivity index (χ1v) is 5.65. The van der Waals surface area contributed by atoms with E-state index in [-0.39, 0.29) is 0 Å². The number of para-hydroxylation sites is 1. The Kier molecular flexibility index (Phi) is 3.97. The van der Waals surface area contributed by atoms with Crippen molar-refractivity contribution in [1.29, 1.82) is 0 Å². The van der Waals surface area contributed by atoms with E-state index in [1.165, 1.54) is 0 Å². The highest BCUT2D eigenvalue weighted by Crippen LogP contribution is 2.36. The topological polar surface area (TPSA) is 30.8 Å². The molecule has 0 heterocycles. The number of nitrogens with zero attached hydrogens (tertiary/aromatic N) is 1. The van der Waals surface area contributed by atoms with Crippen LogP contribution in [-0.2, 0) is 0 Å². The first-order valence-electron chi connectivity index (χ1n) is 5.65. The van der Waals surface area contributed by atoms with Crippen molar-refractivity contribution >= 4 is 11.9 Å². The predicted octanol–water partition coefficient (Wildman–Crippen LogP) is 3.45. The largest absolute Gasteiger partial charge is 0.494 e. The summed E-state index contributed by atoms with van der Waals surface area (Å²) in [7, 11) is 3.24. The van der Waals surface area contributed by atoms with Crippen LogP contribution < -0.4 is 9.47 Å². The molecule has 0 fully saturated rings.